The predicted molar refractivity (Wildman–Crippen MR) is 119 cm³/mol. The Bertz CT molecular complexity index is 1020. The number of carbonyl (C=O) groups excluding carboxylic acids is 1. The molecule has 3 heterocycles. The summed E-state index contributed by atoms with van der Waals surface area (Å²) < 4.78 is 5.35. The van der Waals surface area contributed by atoms with Crippen LogP contribution in [0.3, 0.4) is 0 Å². The number of aromatic nitrogens is 3. The summed E-state index contributed by atoms with van der Waals surface area (Å²) in [7, 11) is 0. The van der Waals surface area contributed by atoms with Crippen LogP contribution in [0.15, 0.2) is 55.0 Å². The normalized spacial score (nSPS) is 14.2. The van der Waals surface area contributed by atoms with Gasteiger partial charge in [0.15, 0.2) is 0 Å². The van der Waals surface area contributed by atoms with Gasteiger partial charge in [-0.05, 0) is 42.8 Å². The maximum Gasteiger partial charge on any atom is 0.251 e. The molecule has 4 rings (SSSR count). The van der Waals surface area contributed by atoms with Crippen LogP contribution >= 0.6 is 0 Å². The van der Waals surface area contributed by atoms with Crippen molar-refractivity contribution < 1.29 is 9.53 Å². The number of hydrogen-bond donors (Lipinski definition) is 2. The number of aryl methyl sites for hydroxylation is 1. The first-order valence-electron chi connectivity index (χ1n) is 10.4. The minimum absolute atomic E-state index is 0.0960. The van der Waals surface area contributed by atoms with Gasteiger partial charge in [-0.2, -0.15) is 0 Å². The van der Waals surface area contributed by atoms with Crippen LogP contribution in [-0.2, 0) is 4.74 Å². The zero-order valence-electron chi connectivity index (χ0n) is 17.5. The molecule has 0 aliphatic carbocycles. The van der Waals surface area contributed by atoms with E-state index in [-0.39, 0.29) is 5.91 Å². The first-order valence-corrected chi connectivity index (χ1v) is 10.4. The van der Waals surface area contributed by atoms with Gasteiger partial charge >= 0.3 is 0 Å². The number of ether oxygens (including phenoxy) is 1. The molecule has 8 nitrogen and oxygen atoms in total. The fraction of sp³-hybridized carbons (Fsp3) is 0.304. The van der Waals surface area contributed by atoms with Gasteiger partial charge in [-0.3, -0.25) is 14.7 Å². The summed E-state index contributed by atoms with van der Waals surface area (Å²) in [6.45, 7) is 6.73. The van der Waals surface area contributed by atoms with Crippen LogP contribution in [0.2, 0.25) is 0 Å². The number of pyridine rings is 1. The van der Waals surface area contributed by atoms with E-state index in [0.717, 1.165) is 55.4 Å². The Morgan fingerprint density at radius 3 is 2.84 bits per heavy atom. The van der Waals surface area contributed by atoms with E-state index in [0.29, 0.717) is 18.1 Å². The fourth-order valence-electron chi connectivity index (χ4n) is 3.37. The van der Waals surface area contributed by atoms with Crippen molar-refractivity contribution >= 4 is 17.5 Å². The number of nitrogens with zero attached hydrogens (tertiary/aromatic N) is 4. The maximum atomic E-state index is 12.6. The lowest BCUT2D eigenvalue weighted by atomic mass is 10.1. The van der Waals surface area contributed by atoms with Crippen LogP contribution in [0, 0.1) is 6.92 Å². The largest absolute Gasteiger partial charge is 0.379 e. The Morgan fingerprint density at radius 2 is 2.03 bits per heavy atom. The monoisotopic (exact) mass is 418 g/mol. The summed E-state index contributed by atoms with van der Waals surface area (Å²) in [4.78, 5) is 27.9. The second-order valence-corrected chi connectivity index (χ2v) is 7.37. The number of nitrogens with one attached hydrogen (secondary N) is 2. The number of carbonyl (C=O) groups is 1. The number of rotatable bonds is 7. The molecule has 2 aromatic heterocycles. The number of anilines is 2. The lowest BCUT2D eigenvalue weighted by Gasteiger charge is -2.26. The Hall–Kier alpha value is -3.36. The maximum absolute atomic E-state index is 12.6. The summed E-state index contributed by atoms with van der Waals surface area (Å²) in [5, 5.41) is 6.24. The molecule has 0 radical (unpaired) electrons. The topological polar surface area (TPSA) is 92.3 Å². The third-order valence-electron chi connectivity index (χ3n) is 5.18. The predicted octanol–water partition coefficient (Wildman–Crippen LogP) is 2.65. The van der Waals surface area contributed by atoms with E-state index in [9.17, 15) is 4.79 Å². The minimum Gasteiger partial charge on any atom is -0.379 e. The molecular weight excluding hydrogens is 392 g/mol. The summed E-state index contributed by atoms with van der Waals surface area (Å²) in [6, 6.07) is 11.2. The molecule has 0 atom stereocenters. The lowest BCUT2D eigenvalue weighted by molar-refractivity contribution is 0.0383. The molecular formula is C23H26N6O2. The second-order valence-electron chi connectivity index (χ2n) is 7.37. The van der Waals surface area contributed by atoms with Gasteiger partial charge in [0.05, 0.1) is 18.9 Å². The fourth-order valence-corrected chi connectivity index (χ4v) is 3.37. The molecule has 8 heteroatoms. The molecule has 0 spiro atoms. The zero-order chi connectivity index (χ0) is 21.5. The first kappa shape index (κ1) is 20.9. The smallest absolute Gasteiger partial charge is 0.251 e. The van der Waals surface area contributed by atoms with Gasteiger partial charge in [-0.25, -0.2) is 9.97 Å². The molecule has 1 amide bonds. The molecule has 3 aromatic rings. The van der Waals surface area contributed by atoms with Gasteiger partial charge in [0.25, 0.3) is 5.91 Å². The van der Waals surface area contributed by atoms with Gasteiger partial charge in [0, 0.05) is 61.6 Å². The second kappa shape index (κ2) is 10.1. The highest BCUT2D eigenvalue weighted by Crippen LogP contribution is 2.22. The number of hydrogen-bond acceptors (Lipinski definition) is 7. The molecule has 1 aromatic carbocycles. The molecule has 0 unspecified atom stereocenters. The molecule has 1 aliphatic rings. The van der Waals surface area contributed by atoms with E-state index >= 15 is 0 Å². The molecule has 31 heavy (non-hydrogen) atoms. The van der Waals surface area contributed by atoms with Crippen molar-refractivity contribution in [3.05, 3.63) is 66.1 Å². The highest BCUT2D eigenvalue weighted by molar-refractivity contribution is 5.95. The van der Waals surface area contributed by atoms with Gasteiger partial charge in [0.1, 0.15) is 0 Å². The first-order chi connectivity index (χ1) is 15.2. The molecule has 160 valence electrons. The van der Waals surface area contributed by atoms with Gasteiger partial charge in [-0.1, -0.05) is 6.07 Å². The average molecular weight is 419 g/mol. The molecule has 1 saturated heterocycles. The van der Waals surface area contributed by atoms with Crippen molar-refractivity contribution in [2.75, 3.05) is 44.7 Å². The number of amides is 1. The summed E-state index contributed by atoms with van der Waals surface area (Å²) in [5.74, 6) is 0.371. The van der Waals surface area contributed by atoms with Crippen molar-refractivity contribution in [3.63, 3.8) is 0 Å². The van der Waals surface area contributed by atoms with Crippen molar-refractivity contribution in [2.24, 2.45) is 0 Å². The van der Waals surface area contributed by atoms with Crippen LogP contribution in [-0.4, -0.2) is 65.2 Å². The van der Waals surface area contributed by atoms with Gasteiger partial charge in [-0.15, -0.1) is 0 Å². The van der Waals surface area contributed by atoms with Gasteiger partial charge in [0.2, 0.25) is 5.95 Å². The highest BCUT2D eigenvalue weighted by atomic mass is 16.5. The highest BCUT2D eigenvalue weighted by Gasteiger charge is 2.12. The Labute approximate surface area is 181 Å². The standard InChI is InChI=1S/C23H26N6O2/c1-17-4-5-18(22(30)25-9-10-29-11-13-31-14-12-29)15-21(17)28-23-26-8-6-20(27-23)19-3-2-7-24-16-19/h2-8,15-16H,9-14H2,1H3,(H,25,30)(H,26,27,28). The van der Waals surface area contributed by atoms with E-state index in [2.05, 4.69) is 30.5 Å². The van der Waals surface area contributed by atoms with Gasteiger partial charge < -0.3 is 15.4 Å². The van der Waals surface area contributed by atoms with Crippen LogP contribution < -0.4 is 10.6 Å². The Balaban J connectivity index is 1.41. The summed E-state index contributed by atoms with van der Waals surface area (Å²) in [6.07, 6.45) is 5.19. The van der Waals surface area contributed by atoms with E-state index in [1.807, 2.05) is 43.3 Å². The Morgan fingerprint density at radius 1 is 1.16 bits per heavy atom. The van der Waals surface area contributed by atoms with E-state index in [4.69, 9.17) is 4.74 Å². The third-order valence-corrected chi connectivity index (χ3v) is 5.18. The minimum atomic E-state index is -0.0960. The zero-order valence-corrected chi connectivity index (χ0v) is 17.5. The van der Waals surface area contributed by atoms with E-state index < -0.39 is 0 Å². The van der Waals surface area contributed by atoms with Crippen LogP contribution in [0.1, 0.15) is 15.9 Å². The quantitative estimate of drug-likeness (QED) is 0.609. The van der Waals surface area contributed by atoms with Crippen LogP contribution in [0.5, 0.6) is 0 Å². The molecule has 2 N–H and O–H groups in total. The number of morpholine rings is 1. The van der Waals surface area contributed by atoms with E-state index in [1.165, 1.54) is 0 Å². The summed E-state index contributed by atoms with van der Waals surface area (Å²) >= 11 is 0. The van der Waals surface area contributed by atoms with Crippen LogP contribution in [0.25, 0.3) is 11.3 Å². The average Bonchev–Trinajstić information content (AvgIpc) is 2.82. The van der Waals surface area contributed by atoms with Crippen molar-refractivity contribution in [1.29, 1.82) is 0 Å². The van der Waals surface area contributed by atoms with Crippen molar-refractivity contribution in [1.82, 2.24) is 25.2 Å². The third kappa shape index (κ3) is 5.62. The van der Waals surface area contributed by atoms with Crippen LogP contribution in [0.4, 0.5) is 11.6 Å². The molecule has 1 fully saturated rings. The molecule has 0 saturated carbocycles. The van der Waals surface area contributed by atoms with Crippen molar-refractivity contribution in [2.45, 2.75) is 6.92 Å². The lowest BCUT2D eigenvalue weighted by Crippen LogP contribution is -2.41. The SMILES string of the molecule is Cc1ccc(C(=O)NCCN2CCOCC2)cc1Nc1nccc(-c2cccnc2)n1. The molecule has 1 aliphatic heterocycles. The van der Waals surface area contributed by atoms with E-state index in [1.54, 1.807) is 18.6 Å². The Kier molecular flexibility index (Phi) is 6.81. The summed E-state index contributed by atoms with van der Waals surface area (Å²) in [5.41, 5.74) is 4.08. The number of benzene rings is 1. The van der Waals surface area contributed by atoms with Crippen molar-refractivity contribution in [3.8, 4) is 11.3 Å². The molecule has 0 bridgehead atoms.